The number of aromatic amines is 1. The van der Waals surface area contributed by atoms with Gasteiger partial charge in [0.25, 0.3) is 0 Å². The first-order valence-electron chi connectivity index (χ1n) is 15.1. The van der Waals surface area contributed by atoms with Crippen molar-refractivity contribution in [3.8, 4) is 11.4 Å². The summed E-state index contributed by atoms with van der Waals surface area (Å²) in [6.07, 6.45) is 7.40. The quantitative estimate of drug-likeness (QED) is 0.283. The van der Waals surface area contributed by atoms with E-state index in [1.165, 1.54) is 28.4 Å². The van der Waals surface area contributed by atoms with Gasteiger partial charge in [-0.15, -0.1) is 0 Å². The van der Waals surface area contributed by atoms with Gasteiger partial charge in [0, 0.05) is 67.1 Å². The second-order valence-corrected chi connectivity index (χ2v) is 12.6. The number of H-pyrrole nitrogens is 1. The SMILES string of the molecule is CO[C@H]1C[C@H]2CC[C@@H](C1)N2c1nc(-c2ccc(F)c3[nH]cc(C)c23)nc2c1CN(c1cc(C(C)C)ccc1C)CC2. The first kappa shape index (κ1) is 26.4. The summed E-state index contributed by atoms with van der Waals surface area (Å²) >= 11 is 0. The lowest BCUT2D eigenvalue weighted by atomic mass is 9.96. The maximum atomic E-state index is 14.7. The van der Waals surface area contributed by atoms with E-state index >= 15 is 0 Å². The van der Waals surface area contributed by atoms with Crippen molar-refractivity contribution in [2.45, 2.75) is 90.4 Å². The highest BCUT2D eigenvalue weighted by molar-refractivity contribution is 5.96. The van der Waals surface area contributed by atoms with Crippen molar-refractivity contribution in [2.75, 3.05) is 23.5 Å². The lowest BCUT2D eigenvalue weighted by Gasteiger charge is -2.42. The lowest BCUT2D eigenvalue weighted by Crippen LogP contribution is -2.47. The molecule has 5 heterocycles. The summed E-state index contributed by atoms with van der Waals surface area (Å²) in [6, 6.07) is 11.1. The Bertz CT molecular complexity index is 1610. The molecule has 0 radical (unpaired) electrons. The van der Waals surface area contributed by atoms with Crippen LogP contribution in [0.4, 0.5) is 15.9 Å². The van der Waals surface area contributed by atoms with Gasteiger partial charge in [0.2, 0.25) is 0 Å². The van der Waals surface area contributed by atoms with E-state index in [9.17, 15) is 4.39 Å². The molecule has 0 aliphatic carbocycles. The van der Waals surface area contributed by atoms with E-state index in [1.807, 2.05) is 26.3 Å². The minimum Gasteiger partial charge on any atom is -0.381 e. The number of aryl methyl sites for hydroxylation is 2. The van der Waals surface area contributed by atoms with Crippen molar-refractivity contribution in [1.29, 1.82) is 0 Å². The van der Waals surface area contributed by atoms with Crippen molar-refractivity contribution in [3.63, 3.8) is 0 Å². The van der Waals surface area contributed by atoms with E-state index in [2.05, 4.69) is 53.8 Å². The van der Waals surface area contributed by atoms with E-state index in [1.54, 1.807) is 0 Å². The normalized spacial score (nSPS) is 22.2. The van der Waals surface area contributed by atoms with Crippen LogP contribution in [0.1, 0.15) is 73.4 Å². The molecular formula is C34H40FN5O. The van der Waals surface area contributed by atoms with E-state index in [0.717, 1.165) is 73.2 Å². The Morgan fingerprint density at radius 2 is 1.80 bits per heavy atom. The monoisotopic (exact) mass is 553 g/mol. The number of fused-ring (bicyclic) bond motifs is 4. The third-order valence-corrected chi connectivity index (χ3v) is 9.77. The first-order chi connectivity index (χ1) is 19.8. The number of ether oxygens (including phenoxy) is 1. The maximum Gasteiger partial charge on any atom is 0.162 e. The van der Waals surface area contributed by atoms with Crippen LogP contribution in [0, 0.1) is 19.7 Å². The predicted molar refractivity (Wildman–Crippen MR) is 163 cm³/mol. The Balaban J connectivity index is 1.37. The molecule has 3 aliphatic rings. The van der Waals surface area contributed by atoms with Crippen molar-refractivity contribution < 1.29 is 9.13 Å². The molecule has 0 amide bonds. The maximum absolute atomic E-state index is 14.7. The second-order valence-electron chi connectivity index (χ2n) is 12.6. The number of halogens is 1. The number of rotatable bonds is 5. The molecule has 4 aromatic rings. The molecule has 0 saturated carbocycles. The number of nitrogens with one attached hydrogen (secondary N) is 1. The smallest absolute Gasteiger partial charge is 0.162 e. The molecule has 214 valence electrons. The zero-order valence-corrected chi connectivity index (χ0v) is 24.8. The van der Waals surface area contributed by atoms with Crippen molar-refractivity contribution in [3.05, 3.63) is 70.3 Å². The molecule has 1 N–H and O–H groups in total. The van der Waals surface area contributed by atoms with Gasteiger partial charge < -0.3 is 19.5 Å². The highest BCUT2D eigenvalue weighted by Gasteiger charge is 2.43. The summed E-state index contributed by atoms with van der Waals surface area (Å²) < 4.78 is 20.6. The van der Waals surface area contributed by atoms with Crippen LogP contribution in [-0.4, -0.2) is 46.8 Å². The zero-order valence-electron chi connectivity index (χ0n) is 24.8. The van der Waals surface area contributed by atoms with Crippen LogP contribution in [0.3, 0.4) is 0 Å². The highest BCUT2D eigenvalue weighted by Crippen LogP contribution is 2.44. The lowest BCUT2D eigenvalue weighted by molar-refractivity contribution is 0.0681. The molecule has 3 atom stereocenters. The van der Waals surface area contributed by atoms with Crippen LogP contribution < -0.4 is 9.80 Å². The number of hydrogen-bond donors (Lipinski definition) is 1. The fourth-order valence-electron chi connectivity index (χ4n) is 7.49. The molecule has 2 saturated heterocycles. The van der Waals surface area contributed by atoms with Gasteiger partial charge in [-0.2, -0.15) is 0 Å². The topological polar surface area (TPSA) is 57.3 Å². The van der Waals surface area contributed by atoms with Crippen LogP contribution in [0.25, 0.3) is 22.3 Å². The van der Waals surface area contributed by atoms with Crippen LogP contribution in [0.2, 0.25) is 0 Å². The summed E-state index contributed by atoms with van der Waals surface area (Å²) in [5.74, 6) is 2.01. The van der Waals surface area contributed by atoms with Gasteiger partial charge in [-0.05, 0) is 80.3 Å². The number of anilines is 2. The van der Waals surface area contributed by atoms with Crippen LogP contribution in [-0.2, 0) is 17.7 Å². The molecule has 2 bridgehead atoms. The summed E-state index contributed by atoms with van der Waals surface area (Å²) in [4.78, 5) is 18.8. The minimum atomic E-state index is -0.246. The zero-order chi connectivity index (χ0) is 28.4. The van der Waals surface area contributed by atoms with Gasteiger partial charge >= 0.3 is 0 Å². The molecule has 7 rings (SSSR count). The van der Waals surface area contributed by atoms with E-state index in [0.29, 0.717) is 35.4 Å². The minimum absolute atomic E-state index is 0.246. The standard InChI is InChI=1S/C34H40FN5O/c1-19(2)22-7-6-20(3)30(14-22)39-13-12-29-27(18-39)34(40-23-8-9-24(40)16-25(15-23)41-5)38-33(37-29)26-10-11-28(35)32-31(26)21(4)17-36-32/h6-7,10-11,14,17,19,23-25,36H,8-9,12-13,15-16,18H2,1-5H3/t23-,24+,25+. The molecule has 41 heavy (non-hydrogen) atoms. The largest absolute Gasteiger partial charge is 0.381 e. The second kappa shape index (κ2) is 10.1. The van der Waals surface area contributed by atoms with E-state index in [4.69, 9.17) is 14.7 Å². The first-order valence-corrected chi connectivity index (χ1v) is 15.1. The Morgan fingerprint density at radius 1 is 1.02 bits per heavy atom. The van der Waals surface area contributed by atoms with Gasteiger partial charge in [0.05, 0.1) is 17.3 Å². The fourth-order valence-corrected chi connectivity index (χ4v) is 7.49. The number of hydrogen-bond acceptors (Lipinski definition) is 5. The molecular weight excluding hydrogens is 513 g/mol. The van der Waals surface area contributed by atoms with E-state index in [-0.39, 0.29) is 5.82 Å². The van der Waals surface area contributed by atoms with Gasteiger partial charge in [-0.3, -0.25) is 0 Å². The summed E-state index contributed by atoms with van der Waals surface area (Å²) in [6.45, 7) is 10.4. The summed E-state index contributed by atoms with van der Waals surface area (Å²) in [7, 11) is 1.84. The van der Waals surface area contributed by atoms with Crippen molar-refractivity contribution in [2.24, 2.45) is 0 Å². The Hall–Kier alpha value is -3.45. The Morgan fingerprint density at radius 3 is 2.54 bits per heavy atom. The third kappa shape index (κ3) is 4.40. The van der Waals surface area contributed by atoms with Gasteiger partial charge in [-0.25, -0.2) is 14.4 Å². The number of methoxy groups -OCH3 is 1. The average molecular weight is 554 g/mol. The predicted octanol–water partition coefficient (Wildman–Crippen LogP) is 7.21. The molecule has 2 aromatic carbocycles. The van der Waals surface area contributed by atoms with Crippen LogP contribution in [0.5, 0.6) is 0 Å². The summed E-state index contributed by atoms with van der Waals surface area (Å²) in [5.41, 5.74) is 8.76. The molecule has 2 fully saturated rings. The molecule has 3 aliphatic heterocycles. The third-order valence-electron chi connectivity index (χ3n) is 9.77. The van der Waals surface area contributed by atoms with Crippen LogP contribution >= 0.6 is 0 Å². The molecule has 6 nitrogen and oxygen atoms in total. The van der Waals surface area contributed by atoms with Crippen molar-refractivity contribution >= 4 is 22.4 Å². The van der Waals surface area contributed by atoms with Gasteiger partial charge in [0.15, 0.2) is 5.82 Å². The highest BCUT2D eigenvalue weighted by atomic mass is 19.1. The van der Waals surface area contributed by atoms with Gasteiger partial charge in [0.1, 0.15) is 11.6 Å². The molecule has 7 heteroatoms. The molecule has 0 unspecified atom stereocenters. The average Bonchev–Trinajstić information content (AvgIpc) is 3.49. The Labute approximate surface area is 241 Å². The van der Waals surface area contributed by atoms with E-state index < -0.39 is 0 Å². The Kier molecular flexibility index (Phi) is 6.53. The number of aromatic nitrogens is 3. The summed E-state index contributed by atoms with van der Waals surface area (Å²) in [5, 5.41) is 0.871. The molecule has 0 spiro atoms. The molecule has 2 aromatic heterocycles. The van der Waals surface area contributed by atoms with Crippen LogP contribution in [0.15, 0.2) is 36.5 Å². The fraction of sp³-hybridized carbons (Fsp3) is 0.471. The van der Waals surface area contributed by atoms with Gasteiger partial charge in [-0.1, -0.05) is 26.0 Å². The number of benzene rings is 2. The number of nitrogens with zero attached hydrogens (tertiary/aromatic N) is 4. The van der Waals surface area contributed by atoms with Crippen molar-refractivity contribution in [1.82, 2.24) is 15.0 Å². The number of piperidine rings is 1.